The van der Waals surface area contributed by atoms with E-state index in [1.807, 2.05) is 24.3 Å². The standard InChI is InChI=1S/C14H22N2O4S/c1-12(17)15-8-10-16(21(3,18)19)9-7-13-5-4-6-14(11-13)20-2/h4-6,11H,7-10H2,1-3H3,(H,15,17). The van der Waals surface area contributed by atoms with Crippen molar-refractivity contribution in [1.82, 2.24) is 9.62 Å². The summed E-state index contributed by atoms with van der Waals surface area (Å²) in [6.07, 6.45) is 1.76. The third-order valence-corrected chi connectivity index (χ3v) is 4.29. The van der Waals surface area contributed by atoms with E-state index >= 15 is 0 Å². The van der Waals surface area contributed by atoms with Crippen molar-refractivity contribution in [1.29, 1.82) is 0 Å². The van der Waals surface area contributed by atoms with Crippen LogP contribution in [0.1, 0.15) is 12.5 Å². The lowest BCUT2D eigenvalue weighted by atomic mass is 10.1. The van der Waals surface area contributed by atoms with Crippen molar-refractivity contribution < 1.29 is 17.9 Å². The van der Waals surface area contributed by atoms with E-state index in [0.29, 0.717) is 19.5 Å². The third-order valence-electron chi connectivity index (χ3n) is 2.99. The summed E-state index contributed by atoms with van der Waals surface area (Å²) < 4.78 is 30.0. The minimum atomic E-state index is -3.30. The molecule has 0 aliphatic heterocycles. The van der Waals surface area contributed by atoms with Gasteiger partial charge in [-0.1, -0.05) is 12.1 Å². The van der Waals surface area contributed by atoms with Gasteiger partial charge < -0.3 is 10.1 Å². The zero-order valence-corrected chi connectivity index (χ0v) is 13.4. The van der Waals surface area contributed by atoms with Gasteiger partial charge in [-0.2, -0.15) is 0 Å². The molecule has 0 fully saturated rings. The smallest absolute Gasteiger partial charge is 0.216 e. The average molecular weight is 314 g/mol. The zero-order chi connectivity index (χ0) is 15.9. The molecule has 0 heterocycles. The Kier molecular flexibility index (Phi) is 6.64. The predicted molar refractivity (Wildman–Crippen MR) is 81.8 cm³/mol. The molecule has 1 aromatic carbocycles. The zero-order valence-electron chi connectivity index (χ0n) is 12.6. The SMILES string of the molecule is COc1cccc(CCN(CCNC(C)=O)S(C)(=O)=O)c1. The Hall–Kier alpha value is -1.60. The normalized spacial score (nSPS) is 11.4. The third kappa shape index (κ3) is 6.59. The molecular formula is C14H22N2O4S. The maximum atomic E-state index is 11.7. The first-order valence-corrected chi connectivity index (χ1v) is 8.50. The maximum absolute atomic E-state index is 11.7. The molecule has 1 N–H and O–H groups in total. The van der Waals surface area contributed by atoms with Crippen molar-refractivity contribution in [2.75, 3.05) is 33.0 Å². The number of benzene rings is 1. The molecule has 6 nitrogen and oxygen atoms in total. The van der Waals surface area contributed by atoms with E-state index in [1.54, 1.807) is 7.11 Å². The lowest BCUT2D eigenvalue weighted by Crippen LogP contribution is -2.38. The second-order valence-corrected chi connectivity index (χ2v) is 6.73. The van der Waals surface area contributed by atoms with Gasteiger partial charge in [0.15, 0.2) is 0 Å². The largest absolute Gasteiger partial charge is 0.497 e. The highest BCUT2D eigenvalue weighted by Gasteiger charge is 2.16. The lowest BCUT2D eigenvalue weighted by Gasteiger charge is -2.20. The molecule has 0 spiro atoms. The second-order valence-electron chi connectivity index (χ2n) is 4.75. The number of methoxy groups -OCH3 is 1. The Labute approximate surface area is 126 Å². The van der Waals surface area contributed by atoms with Crippen LogP contribution in [-0.4, -0.2) is 51.6 Å². The minimum Gasteiger partial charge on any atom is -0.497 e. The highest BCUT2D eigenvalue weighted by molar-refractivity contribution is 7.88. The van der Waals surface area contributed by atoms with Crippen molar-refractivity contribution in [3.8, 4) is 5.75 Å². The Balaban J connectivity index is 2.62. The van der Waals surface area contributed by atoms with Gasteiger partial charge >= 0.3 is 0 Å². The predicted octanol–water partition coefficient (Wildman–Crippen LogP) is 0.635. The number of carbonyl (C=O) groups is 1. The summed E-state index contributed by atoms with van der Waals surface area (Å²) in [7, 11) is -1.71. The quantitative estimate of drug-likeness (QED) is 0.764. The van der Waals surface area contributed by atoms with E-state index in [-0.39, 0.29) is 12.5 Å². The van der Waals surface area contributed by atoms with Crippen LogP contribution in [0.25, 0.3) is 0 Å². The molecule has 0 bridgehead atoms. The topological polar surface area (TPSA) is 75.7 Å². The van der Waals surface area contributed by atoms with Gasteiger partial charge in [0.25, 0.3) is 0 Å². The van der Waals surface area contributed by atoms with Gasteiger partial charge in [0.2, 0.25) is 15.9 Å². The van der Waals surface area contributed by atoms with Gasteiger partial charge in [-0.3, -0.25) is 4.79 Å². The molecule has 0 aliphatic carbocycles. The van der Waals surface area contributed by atoms with E-state index in [0.717, 1.165) is 11.3 Å². The molecule has 21 heavy (non-hydrogen) atoms. The second kappa shape index (κ2) is 7.99. The summed E-state index contributed by atoms with van der Waals surface area (Å²) in [6.45, 7) is 2.34. The summed E-state index contributed by atoms with van der Waals surface area (Å²) in [5.41, 5.74) is 1.00. The summed E-state index contributed by atoms with van der Waals surface area (Å²) >= 11 is 0. The summed E-state index contributed by atoms with van der Waals surface area (Å²) in [6, 6.07) is 7.52. The summed E-state index contributed by atoms with van der Waals surface area (Å²) in [4.78, 5) is 10.8. The van der Waals surface area contributed by atoms with Gasteiger partial charge in [0, 0.05) is 26.6 Å². The van der Waals surface area contributed by atoms with Gasteiger partial charge in [0.05, 0.1) is 13.4 Å². The number of carbonyl (C=O) groups excluding carboxylic acids is 1. The fourth-order valence-corrected chi connectivity index (χ4v) is 2.73. The van der Waals surface area contributed by atoms with Crippen molar-refractivity contribution in [3.63, 3.8) is 0 Å². The summed E-state index contributed by atoms with van der Waals surface area (Å²) in [5.74, 6) is 0.577. The molecule has 118 valence electrons. The number of ether oxygens (including phenoxy) is 1. The van der Waals surface area contributed by atoms with Gasteiger partial charge in [-0.05, 0) is 24.1 Å². The van der Waals surface area contributed by atoms with Crippen LogP contribution in [0.3, 0.4) is 0 Å². The first-order valence-electron chi connectivity index (χ1n) is 6.65. The van der Waals surface area contributed by atoms with Gasteiger partial charge in [0.1, 0.15) is 5.75 Å². The molecule has 0 unspecified atom stereocenters. The number of sulfonamides is 1. The van der Waals surface area contributed by atoms with Crippen LogP contribution < -0.4 is 10.1 Å². The lowest BCUT2D eigenvalue weighted by molar-refractivity contribution is -0.118. The molecule has 0 aliphatic rings. The molecule has 0 saturated carbocycles. The van der Waals surface area contributed by atoms with Crippen LogP contribution in [-0.2, 0) is 21.2 Å². The van der Waals surface area contributed by atoms with Crippen molar-refractivity contribution >= 4 is 15.9 Å². The van der Waals surface area contributed by atoms with E-state index in [1.165, 1.54) is 17.5 Å². The van der Waals surface area contributed by atoms with E-state index in [9.17, 15) is 13.2 Å². The van der Waals surface area contributed by atoms with E-state index in [2.05, 4.69) is 5.32 Å². The number of rotatable bonds is 8. The fraction of sp³-hybridized carbons (Fsp3) is 0.500. The van der Waals surface area contributed by atoms with Crippen molar-refractivity contribution in [2.24, 2.45) is 0 Å². The van der Waals surface area contributed by atoms with Crippen molar-refractivity contribution in [3.05, 3.63) is 29.8 Å². The van der Waals surface area contributed by atoms with Crippen LogP contribution in [0.5, 0.6) is 5.75 Å². The molecule has 1 rings (SSSR count). The Morgan fingerprint density at radius 1 is 1.33 bits per heavy atom. The number of nitrogens with zero attached hydrogens (tertiary/aromatic N) is 1. The van der Waals surface area contributed by atoms with Gasteiger partial charge in [-0.25, -0.2) is 12.7 Å². The van der Waals surface area contributed by atoms with Crippen LogP contribution in [0, 0.1) is 0 Å². The first kappa shape index (κ1) is 17.5. The van der Waals surface area contributed by atoms with Crippen LogP contribution in [0.4, 0.5) is 0 Å². The molecule has 0 radical (unpaired) electrons. The molecule has 1 amide bonds. The highest BCUT2D eigenvalue weighted by Crippen LogP contribution is 2.13. The highest BCUT2D eigenvalue weighted by atomic mass is 32.2. The Bertz CT molecular complexity index is 572. The van der Waals surface area contributed by atoms with Crippen LogP contribution in [0.2, 0.25) is 0 Å². The molecule has 0 saturated heterocycles. The fourth-order valence-electron chi connectivity index (χ4n) is 1.88. The van der Waals surface area contributed by atoms with E-state index in [4.69, 9.17) is 4.74 Å². The molecule has 1 aromatic rings. The molecule has 0 aromatic heterocycles. The Morgan fingerprint density at radius 3 is 2.62 bits per heavy atom. The maximum Gasteiger partial charge on any atom is 0.216 e. The molecule has 0 atom stereocenters. The molecule has 7 heteroatoms. The van der Waals surface area contributed by atoms with Crippen molar-refractivity contribution in [2.45, 2.75) is 13.3 Å². The minimum absolute atomic E-state index is 0.170. The number of hydrogen-bond acceptors (Lipinski definition) is 4. The Morgan fingerprint density at radius 2 is 2.05 bits per heavy atom. The number of hydrogen-bond donors (Lipinski definition) is 1. The monoisotopic (exact) mass is 314 g/mol. The van der Waals surface area contributed by atoms with Gasteiger partial charge in [-0.15, -0.1) is 0 Å². The number of amides is 1. The number of nitrogens with one attached hydrogen (secondary N) is 1. The first-order chi connectivity index (χ1) is 9.82. The van der Waals surface area contributed by atoms with Crippen LogP contribution >= 0.6 is 0 Å². The molecular weight excluding hydrogens is 292 g/mol. The van der Waals surface area contributed by atoms with E-state index < -0.39 is 10.0 Å². The van der Waals surface area contributed by atoms with Crippen LogP contribution in [0.15, 0.2) is 24.3 Å². The summed E-state index contributed by atoms with van der Waals surface area (Å²) in [5, 5.41) is 2.60. The average Bonchev–Trinajstić information content (AvgIpc) is 2.41.